The number of nitrogens with one attached hydrogen (secondary N) is 1. The third-order valence-electron chi connectivity index (χ3n) is 5.54. The fraction of sp³-hybridized carbons (Fsp3) is 0.200. The molecule has 0 aliphatic heterocycles. The summed E-state index contributed by atoms with van der Waals surface area (Å²) in [7, 11) is 0. The van der Waals surface area contributed by atoms with Crippen LogP contribution in [0.25, 0.3) is 11.3 Å². The maximum Gasteiger partial charge on any atom is 0.416 e. The number of amides is 1. The van der Waals surface area contributed by atoms with E-state index in [1.165, 1.54) is 49.5 Å². The summed E-state index contributed by atoms with van der Waals surface area (Å²) >= 11 is 0. The van der Waals surface area contributed by atoms with E-state index in [1.54, 1.807) is 6.92 Å². The van der Waals surface area contributed by atoms with Crippen molar-refractivity contribution >= 4 is 17.4 Å². The summed E-state index contributed by atoms with van der Waals surface area (Å²) in [6, 6.07) is 9.10. The molecule has 0 aliphatic rings. The fourth-order valence-corrected chi connectivity index (χ4v) is 3.55. The Morgan fingerprint density at radius 3 is 2.59 bits per heavy atom. The number of nitrogens with zero attached hydrogens (tertiary/aromatic N) is 4. The zero-order valence-electron chi connectivity index (χ0n) is 19.5. The van der Waals surface area contributed by atoms with Crippen LogP contribution < -0.4 is 5.32 Å². The van der Waals surface area contributed by atoms with Crippen LogP contribution in [0.1, 0.15) is 57.1 Å². The molecular formula is C25H19F4N5O3. The van der Waals surface area contributed by atoms with Crippen molar-refractivity contribution in [2.24, 2.45) is 0 Å². The Hall–Kier alpha value is -4.48. The van der Waals surface area contributed by atoms with E-state index < -0.39 is 29.5 Å². The van der Waals surface area contributed by atoms with Crippen LogP contribution in [0.4, 0.5) is 23.2 Å². The van der Waals surface area contributed by atoms with Gasteiger partial charge < -0.3 is 9.84 Å². The van der Waals surface area contributed by atoms with Crippen LogP contribution >= 0.6 is 0 Å². The third-order valence-corrected chi connectivity index (χ3v) is 5.54. The van der Waals surface area contributed by atoms with E-state index >= 15 is 0 Å². The molecule has 1 aromatic carbocycles. The van der Waals surface area contributed by atoms with E-state index in [0.29, 0.717) is 0 Å². The predicted octanol–water partition coefficient (Wildman–Crippen LogP) is 5.62. The number of anilines is 1. The Bertz CT molecular complexity index is 1470. The predicted molar refractivity (Wildman–Crippen MR) is 123 cm³/mol. The normalized spacial score (nSPS) is 12.3. The molecule has 0 saturated carbocycles. The molecule has 1 N–H and O–H groups in total. The maximum absolute atomic E-state index is 14.0. The van der Waals surface area contributed by atoms with Crippen LogP contribution in [-0.2, 0) is 6.18 Å². The number of ketones is 1. The SMILES string of the molecule is Cc1ccc(NC(=O)c2cc([C@H](C)CC(=O)c3cc(-c4cccnc4F)ncn3)no2)cc1C(F)(F)F. The lowest BCUT2D eigenvalue weighted by molar-refractivity contribution is -0.138. The number of hydrogen-bond acceptors (Lipinski definition) is 7. The van der Waals surface area contributed by atoms with Gasteiger partial charge in [0.05, 0.1) is 22.5 Å². The largest absolute Gasteiger partial charge is 0.416 e. The highest BCUT2D eigenvalue weighted by Crippen LogP contribution is 2.33. The molecular weight excluding hydrogens is 494 g/mol. The molecule has 3 heterocycles. The summed E-state index contributed by atoms with van der Waals surface area (Å²) in [4.78, 5) is 36.8. The van der Waals surface area contributed by atoms with Crippen LogP contribution in [0.5, 0.6) is 0 Å². The second-order valence-electron chi connectivity index (χ2n) is 8.26. The molecule has 4 aromatic rings. The number of Topliss-reactive ketones (excluding diaryl/α,β-unsaturated/α-hetero) is 1. The van der Waals surface area contributed by atoms with E-state index in [4.69, 9.17) is 4.52 Å². The van der Waals surface area contributed by atoms with Gasteiger partial charge in [0.15, 0.2) is 5.78 Å². The molecule has 0 bridgehead atoms. The average Bonchev–Trinajstić information content (AvgIpc) is 3.36. The number of alkyl halides is 3. The van der Waals surface area contributed by atoms with E-state index in [9.17, 15) is 27.2 Å². The number of pyridine rings is 1. The van der Waals surface area contributed by atoms with Gasteiger partial charge in [-0.2, -0.15) is 17.6 Å². The number of rotatable bonds is 7. The molecule has 0 fully saturated rings. The van der Waals surface area contributed by atoms with Gasteiger partial charge in [-0.05, 0) is 42.8 Å². The lowest BCUT2D eigenvalue weighted by Gasteiger charge is -2.12. The summed E-state index contributed by atoms with van der Waals surface area (Å²) in [5.41, 5.74) is -0.250. The first kappa shape index (κ1) is 25.6. The van der Waals surface area contributed by atoms with Gasteiger partial charge in [0.1, 0.15) is 12.0 Å². The minimum absolute atomic E-state index is 0.0207. The van der Waals surface area contributed by atoms with Crippen molar-refractivity contribution in [2.75, 3.05) is 5.32 Å². The van der Waals surface area contributed by atoms with E-state index in [1.807, 2.05) is 0 Å². The highest BCUT2D eigenvalue weighted by Gasteiger charge is 2.32. The molecule has 190 valence electrons. The zero-order valence-corrected chi connectivity index (χ0v) is 19.5. The van der Waals surface area contributed by atoms with Gasteiger partial charge in [-0.1, -0.05) is 18.1 Å². The number of benzene rings is 1. The van der Waals surface area contributed by atoms with Crippen molar-refractivity contribution in [3.8, 4) is 11.3 Å². The Labute approximate surface area is 207 Å². The third kappa shape index (κ3) is 5.85. The second kappa shape index (κ2) is 10.2. The molecule has 3 aromatic heterocycles. The Morgan fingerprint density at radius 1 is 1.08 bits per heavy atom. The van der Waals surface area contributed by atoms with Gasteiger partial charge in [0.2, 0.25) is 11.7 Å². The van der Waals surface area contributed by atoms with Crippen LogP contribution in [0.15, 0.2) is 59.5 Å². The molecule has 4 rings (SSSR count). The molecule has 37 heavy (non-hydrogen) atoms. The van der Waals surface area contributed by atoms with Crippen LogP contribution in [0, 0.1) is 12.9 Å². The minimum Gasteiger partial charge on any atom is -0.351 e. The molecule has 0 aliphatic carbocycles. The number of aromatic nitrogens is 4. The quantitative estimate of drug-likeness (QED) is 0.194. The Morgan fingerprint density at radius 2 is 1.86 bits per heavy atom. The smallest absolute Gasteiger partial charge is 0.351 e. The lowest BCUT2D eigenvalue weighted by Crippen LogP contribution is -2.13. The van der Waals surface area contributed by atoms with Crippen molar-refractivity contribution in [1.29, 1.82) is 0 Å². The van der Waals surface area contributed by atoms with Crippen molar-refractivity contribution in [3.05, 3.63) is 89.2 Å². The second-order valence-corrected chi connectivity index (χ2v) is 8.26. The number of carbonyl (C=O) groups is 2. The molecule has 0 radical (unpaired) electrons. The molecule has 1 atom stereocenters. The fourth-order valence-electron chi connectivity index (χ4n) is 3.55. The van der Waals surface area contributed by atoms with Gasteiger partial charge in [0, 0.05) is 30.3 Å². The first-order chi connectivity index (χ1) is 17.5. The van der Waals surface area contributed by atoms with Crippen molar-refractivity contribution < 1.29 is 31.7 Å². The van der Waals surface area contributed by atoms with E-state index in [-0.39, 0.29) is 51.9 Å². The molecule has 0 saturated heterocycles. The van der Waals surface area contributed by atoms with Crippen molar-refractivity contribution in [3.63, 3.8) is 0 Å². The van der Waals surface area contributed by atoms with Crippen molar-refractivity contribution in [1.82, 2.24) is 20.1 Å². The number of aryl methyl sites for hydroxylation is 1. The highest BCUT2D eigenvalue weighted by atomic mass is 19.4. The van der Waals surface area contributed by atoms with Gasteiger partial charge >= 0.3 is 6.18 Å². The van der Waals surface area contributed by atoms with Gasteiger partial charge in [-0.3, -0.25) is 9.59 Å². The molecule has 0 unspecified atom stereocenters. The van der Waals surface area contributed by atoms with E-state index in [2.05, 4.69) is 25.4 Å². The van der Waals surface area contributed by atoms with Crippen LogP contribution in [0.2, 0.25) is 0 Å². The topological polar surface area (TPSA) is 111 Å². The Kier molecular flexibility index (Phi) is 7.09. The summed E-state index contributed by atoms with van der Waals surface area (Å²) < 4.78 is 58.4. The van der Waals surface area contributed by atoms with E-state index in [0.717, 1.165) is 12.4 Å². The standard InChI is InChI=1S/C25H19F4N5O3/c1-13-5-6-15(9-17(13)25(27,28)29)33-24(36)22-11-18(34-37-22)14(2)8-21(35)20-10-19(31-12-32-20)16-4-3-7-30-23(16)26/h3-7,9-12,14H,8H2,1-2H3,(H,33,36)/t14-/m1/s1. The minimum atomic E-state index is -4.57. The van der Waals surface area contributed by atoms with Gasteiger partial charge in [-0.15, -0.1) is 0 Å². The van der Waals surface area contributed by atoms with Crippen LogP contribution in [0.3, 0.4) is 0 Å². The van der Waals surface area contributed by atoms with Gasteiger partial charge in [-0.25, -0.2) is 15.0 Å². The first-order valence-electron chi connectivity index (χ1n) is 10.9. The van der Waals surface area contributed by atoms with Crippen LogP contribution in [-0.4, -0.2) is 31.8 Å². The summed E-state index contributed by atoms with van der Waals surface area (Å²) in [5, 5.41) is 6.17. The number of hydrogen-bond donors (Lipinski definition) is 1. The number of halogens is 4. The monoisotopic (exact) mass is 513 g/mol. The summed E-state index contributed by atoms with van der Waals surface area (Å²) in [6.07, 6.45) is -2.19. The van der Waals surface area contributed by atoms with Crippen molar-refractivity contribution in [2.45, 2.75) is 32.4 Å². The molecule has 8 nitrogen and oxygen atoms in total. The highest BCUT2D eigenvalue weighted by molar-refractivity contribution is 6.02. The Balaban J connectivity index is 1.44. The maximum atomic E-state index is 14.0. The number of carbonyl (C=O) groups excluding carboxylic acids is 2. The summed E-state index contributed by atoms with van der Waals surface area (Å²) in [5.74, 6) is -2.65. The molecule has 0 spiro atoms. The van der Waals surface area contributed by atoms with Gasteiger partial charge in [0.25, 0.3) is 5.91 Å². The molecule has 1 amide bonds. The lowest BCUT2D eigenvalue weighted by atomic mass is 9.98. The molecule has 12 heteroatoms. The summed E-state index contributed by atoms with van der Waals surface area (Å²) in [6.45, 7) is 3.00. The first-order valence-corrected chi connectivity index (χ1v) is 10.9. The zero-order chi connectivity index (χ0) is 26.7. The average molecular weight is 513 g/mol.